The van der Waals surface area contributed by atoms with Crippen molar-refractivity contribution in [2.24, 2.45) is 0 Å². The Bertz CT molecular complexity index is 493. The van der Waals surface area contributed by atoms with E-state index in [1.165, 1.54) is 0 Å². The molecule has 0 aliphatic rings. The third-order valence-corrected chi connectivity index (χ3v) is 3.48. The Balaban J connectivity index is 2.37. The highest BCUT2D eigenvalue weighted by Crippen LogP contribution is 2.30. The standard InChI is InChI=1S/C15H18ClNO/c1-3-9-17-15(13-8-5-10-18-13)12-7-4-6-11(2)14(12)16/h4-8,10,15,17H,3,9H2,1-2H3. The van der Waals surface area contributed by atoms with Crippen molar-refractivity contribution in [2.45, 2.75) is 26.3 Å². The van der Waals surface area contributed by atoms with Crippen LogP contribution in [0.5, 0.6) is 0 Å². The van der Waals surface area contributed by atoms with Crippen LogP contribution in [-0.4, -0.2) is 6.54 Å². The second-order valence-corrected chi connectivity index (χ2v) is 4.76. The van der Waals surface area contributed by atoms with Crippen LogP contribution in [0, 0.1) is 6.92 Å². The van der Waals surface area contributed by atoms with Crippen LogP contribution in [0.25, 0.3) is 0 Å². The maximum Gasteiger partial charge on any atom is 0.125 e. The molecule has 18 heavy (non-hydrogen) atoms. The molecule has 2 nitrogen and oxygen atoms in total. The van der Waals surface area contributed by atoms with Crippen molar-refractivity contribution in [3.63, 3.8) is 0 Å². The molecule has 0 spiro atoms. The van der Waals surface area contributed by atoms with E-state index < -0.39 is 0 Å². The summed E-state index contributed by atoms with van der Waals surface area (Å²) in [6, 6.07) is 9.99. The van der Waals surface area contributed by atoms with Crippen LogP contribution in [0.1, 0.15) is 36.3 Å². The van der Waals surface area contributed by atoms with Crippen LogP contribution >= 0.6 is 11.6 Å². The summed E-state index contributed by atoms with van der Waals surface area (Å²) in [4.78, 5) is 0. The van der Waals surface area contributed by atoms with Gasteiger partial charge in [0.25, 0.3) is 0 Å². The van der Waals surface area contributed by atoms with E-state index in [1.807, 2.05) is 37.3 Å². The van der Waals surface area contributed by atoms with Crippen LogP contribution in [0.15, 0.2) is 41.0 Å². The molecule has 0 saturated carbocycles. The Kier molecular flexibility index (Phi) is 4.45. The van der Waals surface area contributed by atoms with Gasteiger partial charge in [-0.2, -0.15) is 0 Å². The predicted molar refractivity (Wildman–Crippen MR) is 75.0 cm³/mol. The zero-order valence-electron chi connectivity index (χ0n) is 10.7. The van der Waals surface area contributed by atoms with Crippen molar-refractivity contribution in [3.05, 3.63) is 58.5 Å². The molecular weight excluding hydrogens is 246 g/mol. The van der Waals surface area contributed by atoms with Crippen molar-refractivity contribution in [2.75, 3.05) is 6.54 Å². The number of hydrogen-bond donors (Lipinski definition) is 1. The second kappa shape index (κ2) is 6.07. The number of rotatable bonds is 5. The molecule has 2 rings (SSSR count). The molecule has 1 N–H and O–H groups in total. The minimum Gasteiger partial charge on any atom is -0.467 e. The summed E-state index contributed by atoms with van der Waals surface area (Å²) in [5.41, 5.74) is 2.16. The van der Waals surface area contributed by atoms with Crippen molar-refractivity contribution in [3.8, 4) is 0 Å². The lowest BCUT2D eigenvalue weighted by molar-refractivity contribution is 0.446. The molecule has 0 amide bonds. The largest absolute Gasteiger partial charge is 0.467 e. The first-order chi connectivity index (χ1) is 8.74. The molecule has 1 unspecified atom stereocenters. The van der Waals surface area contributed by atoms with Crippen LogP contribution in [-0.2, 0) is 0 Å². The molecule has 1 heterocycles. The number of hydrogen-bond acceptors (Lipinski definition) is 2. The molecule has 1 atom stereocenters. The first-order valence-electron chi connectivity index (χ1n) is 6.25. The monoisotopic (exact) mass is 263 g/mol. The summed E-state index contributed by atoms with van der Waals surface area (Å²) < 4.78 is 5.52. The lowest BCUT2D eigenvalue weighted by atomic mass is 10.0. The zero-order valence-corrected chi connectivity index (χ0v) is 11.5. The molecule has 0 aliphatic carbocycles. The topological polar surface area (TPSA) is 25.2 Å². The van der Waals surface area contributed by atoms with Crippen molar-refractivity contribution in [1.29, 1.82) is 0 Å². The highest BCUT2D eigenvalue weighted by atomic mass is 35.5. The predicted octanol–water partition coefficient (Wildman–Crippen LogP) is 4.33. The van der Waals surface area contributed by atoms with E-state index in [-0.39, 0.29) is 6.04 Å². The van der Waals surface area contributed by atoms with Gasteiger partial charge in [-0.25, -0.2) is 0 Å². The number of benzene rings is 1. The molecule has 96 valence electrons. The first kappa shape index (κ1) is 13.2. The van der Waals surface area contributed by atoms with Gasteiger partial charge in [0, 0.05) is 5.02 Å². The van der Waals surface area contributed by atoms with Crippen molar-refractivity contribution in [1.82, 2.24) is 5.32 Å². The molecule has 3 heteroatoms. The van der Waals surface area contributed by atoms with Crippen molar-refractivity contribution >= 4 is 11.6 Å². The van der Waals surface area contributed by atoms with Gasteiger partial charge in [0.1, 0.15) is 5.76 Å². The summed E-state index contributed by atoms with van der Waals surface area (Å²) >= 11 is 6.40. The summed E-state index contributed by atoms with van der Waals surface area (Å²) in [5.74, 6) is 0.899. The molecule has 0 radical (unpaired) electrons. The van der Waals surface area contributed by atoms with Gasteiger partial charge in [0.2, 0.25) is 0 Å². The summed E-state index contributed by atoms with van der Waals surface area (Å²) in [6.07, 6.45) is 2.76. The van der Waals surface area contributed by atoms with Crippen LogP contribution < -0.4 is 5.32 Å². The van der Waals surface area contributed by atoms with Crippen LogP contribution in [0.3, 0.4) is 0 Å². The van der Waals surface area contributed by atoms with Gasteiger partial charge in [0.05, 0.1) is 12.3 Å². The Hall–Kier alpha value is -1.25. The van der Waals surface area contributed by atoms with Gasteiger partial charge in [-0.15, -0.1) is 0 Å². The van der Waals surface area contributed by atoms with E-state index in [0.717, 1.165) is 34.9 Å². The fraction of sp³-hybridized carbons (Fsp3) is 0.333. The fourth-order valence-corrected chi connectivity index (χ4v) is 2.24. The molecule has 0 aliphatic heterocycles. The van der Waals surface area contributed by atoms with Gasteiger partial charge in [0.15, 0.2) is 0 Å². The third kappa shape index (κ3) is 2.77. The number of nitrogens with one attached hydrogen (secondary N) is 1. The van der Waals surface area contributed by atoms with E-state index in [9.17, 15) is 0 Å². The molecule has 1 aromatic heterocycles. The summed E-state index contributed by atoms with van der Waals surface area (Å²) in [6.45, 7) is 5.09. The number of furan rings is 1. The third-order valence-electron chi connectivity index (χ3n) is 2.96. The van der Waals surface area contributed by atoms with Crippen molar-refractivity contribution < 1.29 is 4.42 Å². The van der Waals surface area contributed by atoms with Gasteiger partial charge in [-0.3, -0.25) is 0 Å². The van der Waals surface area contributed by atoms with Gasteiger partial charge in [-0.05, 0) is 43.1 Å². The molecule has 0 saturated heterocycles. The Morgan fingerprint density at radius 3 is 2.78 bits per heavy atom. The molecular formula is C15H18ClNO. The lowest BCUT2D eigenvalue weighted by Gasteiger charge is -2.19. The fourth-order valence-electron chi connectivity index (χ4n) is 2.00. The SMILES string of the molecule is CCCNC(c1ccco1)c1cccc(C)c1Cl. The van der Waals surface area contributed by atoms with Crippen LogP contribution in [0.4, 0.5) is 0 Å². The van der Waals surface area contributed by atoms with E-state index in [4.69, 9.17) is 16.0 Å². The molecule has 1 aromatic carbocycles. The second-order valence-electron chi connectivity index (χ2n) is 4.38. The highest BCUT2D eigenvalue weighted by Gasteiger charge is 2.19. The smallest absolute Gasteiger partial charge is 0.125 e. The molecule has 0 fully saturated rings. The van der Waals surface area contributed by atoms with E-state index in [1.54, 1.807) is 6.26 Å². The molecule has 0 bridgehead atoms. The van der Waals surface area contributed by atoms with Gasteiger partial charge < -0.3 is 9.73 Å². The van der Waals surface area contributed by atoms with E-state index >= 15 is 0 Å². The quantitative estimate of drug-likeness (QED) is 0.869. The maximum absolute atomic E-state index is 6.40. The Labute approximate surface area is 113 Å². The van der Waals surface area contributed by atoms with E-state index in [2.05, 4.69) is 12.2 Å². The lowest BCUT2D eigenvalue weighted by Crippen LogP contribution is -2.23. The zero-order chi connectivity index (χ0) is 13.0. The normalized spacial score (nSPS) is 12.6. The highest BCUT2D eigenvalue weighted by molar-refractivity contribution is 6.32. The maximum atomic E-state index is 6.40. The average Bonchev–Trinajstić information content (AvgIpc) is 2.88. The Morgan fingerprint density at radius 1 is 1.28 bits per heavy atom. The number of halogens is 1. The minimum absolute atomic E-state index is 0.0207. The summed E-state index contributed by atoms with van der Waals surface area (Å²) in [7, 11) is 0. The molecule has 2 aromatic rings. The summed E-state index contributed by atoms with van der Waals surface area (Å²) in [5, 5.41) is 4.29. The first-order valence-corrected chi connectivity index (χ1v) is 6.63. The van der Waals surface area contributed by atoms with Gasteiger partial charge >= 0.3 is 0 Å². The van der Waals surface area contributed by atoms with E-state index in [0.29, 0.717) is 0 Å². The Morgan fingerprint density at radius 2 is 2.11 bits per heavy atom. The average molecular weight is 264 g/mol. The van der Waals surface area contributed by atoms with Gasteiger partial charge in [-0.1, -0.05) is 36.7 Å². The minimum atomic E-state index is 0.0207. The number of aryl methyl sites for hydroxylation is 1. The van der Waals surface area contributed by atoms with Crippen LogP contribution in [0.2, 0.25) is 5.02 Å².